The minimum absolute atomic E-state index is 0.0595. The van der Waals surface area contributed by atoms with Crippen molar-refractivity contribution in [1.29, 1.82) is 0 Å². The van der Waals surface area contributed by atoms with E-state index < -0.39 is 0 Å². The van der Waals surface area contributed by atoms with Crippen LogP contribution in [0, 0.1) is 6.92 Å². The number of para-hydroxylation sites is 2. The average Bonchev–Trinajstić information content (AvgIpc) is 3.37. The Bertz CT molecular complexity index is 989. The number of amides is 2. The van der Waals surface area contributed by atoms with E-state index in [-0.39, 0.29) is 24.8 Å². The van der Waals surface area contributed by atoms with Gasteiger partial charge in [-0.05, 0) is 31.9 Å². The van der Waals surface area contributed by atoms with E-state index in [9.17, 15) is 9.59 Å². The number of rotatable bonds is 5. The third kappa shape index (κ3) is 3.82. The number of nitrogens with one attached hydrogen (secondary N) is 1. The molecule has 2 aromatic heterocycles. The second kappa shape index (κ2) is 7.43. The van der Waals surface area contributed by atoms with Crippen LogP contribution < -0.4 is 5.32 Å². The zero-order chi connectivity index (χ0) is 18.8. The largest absolute Gasteiger partial charge is 0.342 e. The molecule has 3 aromatic rings. The number of aromatic nitrogens is 4. The number of anilines is 1. The van der Waals surface area contributed by atoms with E-state index in [4.69, 9.17) is 0 Å². The van der Waals surface area contributed by atoms with Crippen molar-refractivity contribution in [2.75, 3.05) is 18.4 Å². The van der Waals surface area contributed by atoms with Crippen molar-refractivity contribution >= 4 is 39.3 Å². The number of imidazole rings is 1. The summed E-state index contributed by atoms with van der Waals surface area (Å²) in [5, 5.41) is 11.8. The van der Waals surface area contributed by atoms with Crippen LogP contribution in [0.1, 0.15) is 23.7 Å². The van der Waals surface area contributed by atoms with Crippen molar-refractivity contribution in [3.8, 4) is 0 Å². The Morgan fingerprint density at radius 3 is 2.70 bits per heavy atom. The molecule has 27 heavy (non-hydrogen) atoms. The lowest BCUT2D eigenvalue weighted by Crippen LogP contribution is -2.30. The maximum absolute atomic E-state index is 12.6. The van der Waals surface area contributed by atoms with Gasteiger partial charge in [0.25, 0.3) is 0 Å². The Morgan fingerprint density at radius 2 is 1.96 bits per heavy atom. The first kappa shape index (κ1) is 17.6. The number of carbonyl (C=O) groups excluding carboxylic acids is 2. The lowest BCUT2D eigenvalue weighted by atomic mass is 10.3. The van der Waals surface area contributed by atoms with Crippen molar-refractivity contribution in [2.45, 2.75) is 32.7 Å². The Labute approximate surface area is 160 Å². The Morgan fingerprint density at radius 1 is 1.19 bits per heavy atom. The molecule has 0 radical (unpaired) electrons. The molecule has 0 aliphatic carbocycles. The quantitative estimate of drug-likeness (QED) is 0.726. The van der Waals surface area contributed by atoms with Crippen molar-refractivity contribution < 1.29 is 9.59 Å². The molecule has 0 atom stereocenters. The van der Waals surface area contributed by atoms with Crippen LogP contribution in [0.15, 0.2) is 24.3 Å². The van der Waals surface area contributed by atoms with Gasteiger partial charge in [0, 0.05) is 13.1 Å². The molecule has 2 amide bonds. The highest BCUT2D eigenvalue weighted by Crippen LogP contribution is 2.19. The molecule has 0 saturated carbocycles. The minimum atomic E-state index is -0.218. The predicted octanol–water partition coefficient (Wildman–Crippen LogP) is 2.00. The molecule has 9 heteroatoms. The predicted molar refractivity (Wildman–Crippen MR) is 103 cm³/mol. The van der Waals surface area contributed by atoms with Crippen molar-refractivity contribution in [3.05, 3.63) is 35.1 Å². The van der Waals surface area contributed by atoms with Gasteiger partial charge in [0.2, 0.25) is 16.9 Å². The molecule has 0 spiro atoms. The fraction of sp³-hybridized carbons (Fsp3) is 0.389. The van der Waals surface area contributed by atoms with Crippen molar-refractivity contribution in [2.24, 2.45) is 0 Å². The number of hydrogen-bond donors (Lipinski definition) is 1. The van der Waals surface area contributed by atoms with Gasteiger partial charge in [-0.25, -0.2) is 4.98 Å². The van der Waals surface area contributed by atoms with Crippen molar-refractivity contribution in [3.63, 3.8) is 0 Å². The van der Waals surface area contributed by atoms with Crippen LogP contribution in [-0.2, 0) is 22.6 Å². The molecule has 1 saturated heterocycles. The van der Waals surface area contributed by atoms with Gasteiger partial charge in [-0.3, -0.25) is 14.9 Å². The molecule has 1 fully saturated rings. The van der Waals surface area contributed by atoms with E-state index in [1.165, 1.54) is 11.3 Å². The van der Waals surface area contributed by atoms with Gasteiger partial charge < -0.3 is 9.47 Å². The lowest BCUT2D eigenvalue weighted by molar-refractivity contribution is -0.129. The Balaban J connectivity index is 1.57. The maximum atomic E-state index is 12.6. The zero-order valence-electron chi connectivity index (χ0n) is 15.0. The monoisotopic (exact) mass is 384 g/mol. The Hall–Kier alpha value is -2.81. The summed E-state index contributed by atoms with van der Waals surface area (Å²) in [5.74, 6) is 0.449. The summed E-state index contributed by atoms with van der Waals surface area (Å²) in [6, 6.07) is 7.60. The van der Waals surface area contributed by atoms with Gasteiger partial charge in [-0.2, -0.15) is 0 Å². The highest BCUT2D eigenvalue weighted by Gasteiger charge is 2.22. The molecule has 1 aliphatic rings. The number of nitrogens with zero attached hydrogens (tertiary/aromatic N) is 5. The van der Waals surface area contributed by atoms with Crippen molar-refractivity contribution in [1.82, 2.24) is 24.6 Å². The zero-order valence-corrected chi connectivity index (χ0v) is 15.8. The smallest absolute Gasteiger partial charge is 0.246 e. The van der Waals surface area contributed by atoms with E-state index >= 15 is 0 Å². The summed E-state index contributed by atoms with van der Waals surface area (Å²) in [7, 11) is 0. The standard InChI is InChI=1S/C18H20N6O2S/c1-12-21-22-18(27-12)20-16(25)11-24-14-7-3-2-6-13(14)19-15(24)10-17(26)23-8-4-5-9-23/h2-3,6-7H,4-5,8-11H2,1H3,(H,20,22,25). The third-order valence-corrected chi connectivity index (χ3v) is 5.33. The van der Waals surface area contributed by atoms with Crippen LogP contribution in [0.5, 0.6) is 0 Å². The van der Waals surface area contributed by atoms with Gasteiger partial charge in [0.15, 0.2) is 0 Å². The molecule has 8 nitrogen and oxygen atoms in total. The van der Waals surface area contributed by atoms with Gasteiger partial charge >= 0.3 is 0 Å². The second-order valence-corrected chi connectivity index (χ2v) is 7.72. The van der Waals surface area contributed by atoms with Crippen LogP contribution in [0.4, 0.5) is 5.13 Å². The SMILES string of the molecule is Cc1nnc(NC(=O)Cn2c(CC(=O)N3CCCC3)nc3ccccc32)s1. The lowest BCUT2D eigenvalue weighted by Gasteiger charge is -2.15. The van der Waals surface area contributed by atoms with Crippen LogP contribution in [-0.4, -0.2) is 49.6 Å². The average molecular weight is 384 g/mol. The van der Waals surface area contributed by atoms with Gasteiger partial charge in [-0.15, -0.1) is 10.2 Å². The molecular weight excluding hydrogens is 364 g/mol. The highest BCUT2D eigenvalue weighted by atomic mass is 32.1. The maximum Gasteiger partial charge on any atom is 0.246 e. The fourth-order valence-corrected chi connectivity index (χ4v) is 3.91. The number of benzene rings is 1. The van der Waals surface area contributed by atoms with E-state index in [2.05, 4.69) is 20.5 Å². The third-order valence-electron chi connectivity index (χ3n) is 4.58. The number of carbonyl (C=O) groups is 2. The highest BCUT2D eigenvalue weighted by molar-refractivity contribution is 7.15. The van der Waals surface area contributed by atoms with Gasteiger partial charge in [0.05, 0.1) is 17.5 Å². The molecule has 0 unspecified atom stereocenters. The molecule has 4 rings (SSSR count). The van der Waals surface area contributed by atoms with Gasteiger partial charge in [0.1, 0.15) is 17.4 Å². The van der Waals surface area contributed by atoms with Gasteiger partial charge in [-0.1, -0.05) is 23.5 Å². The molecular formula is C18H20N6O2S. The summed E-state index contributed by atoms with van der Waals surface area (Å²) in [4.78, 5) is 31.6. The minimum Gasteiger partial charge on any atom is -0.342 e. The van der Waals surface area contributed by atoms with Crippen LogP contribution in [0.25, 0.3) is 11.0 Å². The summed E-state index contributed by atoms with van der Waals surface area (Å²) >= 11 is 1.32. The van der Waals surface area contributed by atoms with E-state index in [1.54, 1.807) is 0 Å². The summed E-state index contributed by atoms with van der Waals surface area (Å²) in [5.41, 5.74) is 1.62. The number of fused-ring (bicyclic) bond motifs is 1. The molecule has 1 N–H and O–H groups in total. The summed E-state index contributed by atoms with van der Waals surface area (Å²) in [6.07, 6.45) is 2.29. The van der Waals surface area contributed by atoms with Crippen LogP contribution in [0.2, 0.25) is 0 Å². The molecule has 140 valence electrons. The normalized spacial score (nSPS) is 14.0. The summed E-state index contributed by atoms with van der Waals surface area (Å²) in [6.45, 7) is 3.51. The fourth-order valence-electron chi connectivity index (χ4n) is 3.30. The number of likely N-dealkylation sites (tertiary alicyclic amines) is 1. The molecule has 1 aromatic carbocycles. The van der Waals surface area contributed by atoms with E-state index in [1.807, 2.05) is 40.7 Å². The number of aryl methyl sites for hydroxylation is 1. The van der Waals surface area contributed by atoms with E-state index in [0.29, 0.717) is 11.0 Å². The van der Waals surface area contributed by atoms with Crippen LogP contribution >= 0.6 is 11.3 Å². The first-order chi connectivity index (χ1) is 13.1. The topological polar surface area (TPSA) is 93.0 Å². The molecule has 0 bridgehead atoms. The summed E-state index contributed by atoms with van der Waals surface area (Å²) < 4.78 is 1.81. The van der Waals surface area contributed by atoms with Crippen LogP contribution in [0.3, 0.4) is 0 Å². The second-order valence-electron chi connectivity index (χ2n) is 6.54. The first-order valence-corrected chi connectivity index (χ1v) is 9.73. The molecule has 1 aliphatic heterocycles. The molecule has 3 heterocycles. The first-order valence-electron chi connectivity index (χ1n) is 8.92. The number of hydrogen-bond acceptors (Lipinski definition) is 6. The van der Waals surface area contributed by atoms with E-state index in [0.717, 1.165) is 42.0 Å². The Kier molecular flexibility index (Phi) is 4.85.